The number of aromatic carboxylic acids is 1. The zero-order chi connectivity index (χ0) is 15.8. The zero-order valence-corrected chi connectivity index (χ0v) is 12.0. The minimum Gasteiger partial charge on any atom is -0.478 e. The number of likely N-dealkylation sites (N-methyl/N-ethyl adjacent to an activating group) is 1. The molecule has 0 aromatic heterocycles. The number of benzene rings is 1. The summed E-state index contributed by atoms with van der Waals surface area (Å²) in [5.41, 5.74) is 0.426. The van der Waals surface area contributed by atoms with Crippen molar-refractivity contribution in [2.75, 3.05) is 25.0 Å². The summed E-state index contributed by atoms with van der Waals surface area (Å²) in [6.45, 7) is 4.78. The standard InChI is InChI=1S/C14H19N3O4/c1-3-17(4-2)12(18)9-15-14(21)16-11-7-5-6-10(8-11)13(19)20/h5-8H,3-4,9H2,1-2H3,(H,19,20)(H2,15,16,21). The van der Waals surface area contributed by atoms with Gasteiger partial charge in [0, 0.05) is 18.8 Å². The highest BCUT2D eigenvalue weighted by atomic mass is 16.4. The molecule has 0 aliphatic rings. The Balaban J connectivity index is 2.52. The van der Waals surface area contributed by atoms with Crippen molar-refractivity contribution in [2.45, 2.75) is 13.8 Å². The quantitative estimate of drug-likeness (QED) is 0.737. The molecular formula is C14H19N3O4. The molecule has 0 saturated carbocycles. The van der Waals surface area contributed by atoms with Crippen molar-refractivity contribution >= 4 is 23.6 Å². The van der Waals surface area contributed by atoms with Crippen LogP contribution >= 0.6 is 0 Å². The monoisotopic (exact) mass is 293 g/mol. The van der Waals surface area contributed by atoms with Crippen LogP contribution in [0.1, 0.15) is 24.2 Å². The Morgan fingerprint density at radius 3 is 2.43 bits per heavy atom. The van der Waals surface area contributed by atoms with Crippen molar-refractivity contribution in [3.8, 4) is 0 Å². The highest BCUT2D eigenvalue weighted by Crippen LogP contribution is 2.10. The van der Waals surface area contributed by atoms with Gasteiger partial charge in [0.15, 0.2) is 0 Å². The molecule has 0 bridgehead atoms. The molecule has 7 nitrogen and oxygen atoms in total. The number of carboxylic acid groups (broad SMARTS) is 1. The SMILES string of the molecule is CCN(CC)C(=O)CNC(=O)Nc1cccc(C(=O)O)c1. The minimum atomic E-state index is -1.07. The van der Waals surface area contributed by atoms with Gasteiger partial charge in [0.2, 0.25) is 5.91 Å². The van der Waals surface area contributed by atoms with Gasteiger partial charge >= 0.3 is 12.0 Å². The lowest BCUT2D eigenvalue weighted by molar-refractivity contribution is -0.129. The van der Waals surface area contributed by atoms with Gasteiger partial charge in [-0.2, -0.15) is 0 Å². The second-order valence-corrected chi connectivity index (χ2v) is 4.26. The fraction of sp³-hybridized carbons (Fsp3) is 0.357. The lowest BCUT2D eigenvalue weighted by atomic mass is 10.2. The van der Waals surface area contributed by atoms with E-state index >= 15 is 0 Å². The Labute approximate surface area is 122 Å². The number of carbonyl (C=O) groups excluding carboxylic acids is 2. The van der Waals surface area contributed by atoms with Crippen molar-refractivity contribution in [1.29, 1.82) is 0 Å². The molecule has 0 fully saturated rings. The fourth-order valence-corrected chi connectivity index (χ4v) is 1.75. The second-order valence-electron chi connectivity index (χ2n) is 4.26. The summed E-state index contributed by atoms with van der Waals surface area (Å²) < 4.78 is 0. The van der Waals surface area contributed by atoms with Gasteiger partial charge in [-0.05, 0) is 32.0 Å². The van der Waals surface area contributed by atoms with Crippen molar-refractivity contribution in [2.24, 2.45) is 0 Å². The third-order valence-corrected chi connectivity index (χ3v) is 2.88. The first kappa shape index (κ1) is 16.5. The smallest absolute Gasteiger partial charge is 0.335 e. The number of nitrogens with one attached hydrogen (secondary N) is 2. The third-order valence-electron chi connectivity index (χ3n) is 2.88. The zero-order valence-electron chi connectivity index (χ0n) is 12.0. The fourth-order valence-electron chi connectivity index (χ4n) is 1.75. The molecule has 21 heavy (non-hydrogen) atoms. The molecule has 1 aromatic carbocycles. The highest BCUT2D eigenvalue weighted by molar-refractivity contribution is 5.94. The Kier molecular flexibility index (Phi) is 6.19. The molecule has 1 rings (SSSR count). The van der Waals surface area contributed by atoms with E-state index in [0.29, 0.717) is 18.8 Å². The first-order valence-electron chi connectivity index (χ1n) is 6.63. The Bertz CT molecular complexity index is 527. The molecule has 0 spiro atoms. The van der Waals surface area contributed by atoms with Crippen molar-refractivity contribution in [3.05, 3.63) is 29.8 Å². The van der Waals surface area contributed by atoms with Gasteiger partial charge in [-0.15, -0.1) is 0 Å². The van der Waals surface area contributed by atoms with Crippen LogP contribution in [-0.2, 0) is 4.79 Å². The summed E-state index contributed by atoms with van der Waals surface area (Å²) in [6, 6.07) is 5.31. The number of carboxylic acids is 1. The summed E-state index contributed by atoms with van der Waals surface area (Å²) >= 11 is 0. The van der Waals surface area contributed by atoms with Crippen LogP contribution in [-0.4, -0.2) is 47.5 Å². The van der Waals surface area contributed by atoms with Crippen molar-refractivity contribution < 1.29 is 19.5 Å². The molecule has 3 amide bonds. The van der Waals surface area contributed by atoms with Gasteiger partial charge in [-0.3, -0.25) is 4.79 Å². The molecule has 0 unspecified atom stereocenters. The number of nitrogens with zero attached hydrogens (tertiary/aromatic N) is 1. The summed E-state index contributed by atoms with van der Waals surface area (Å²) in [4.78, 5) is 35.8. The maximum Gasteiger partial charge on any atom is 0.335 e. The van der Waals surface area contributed by atoms with E-state index in [-0.39, 0.29) is 18.0 Å². The maximum atomic E-state index is 11.7. The number of hydrogen-bond donors (Lipinski definition) is 3. The number of urea groups is 1. The maximum absolute atomic E-state index is 11.7. The molecule has 3 N–H and O–H groups in total. The number of rotatable bonds is 6. The topological polar surface area (TPSA) is 98.7 Å². The van der Waals surface area contributed by atoms with E-state index in [9.17, 15) is 14.4 Å². The predicted octanol–water partition coefficient (Wildman–Crippen LogP) is 1.37. The average molecular weight is 293 g/mol. The Hall–Kier alpha value is -2.57. The highest BCUT2D eigenvalue weighted by Gasteiger charge is 2.11. The molecule has 0 radical (unpaired) electrons. The van der Waals surface area contributed by atoms with Crippen molar-refractivity contribution in [3.63, 3.8) is 0 Å². The van der Waals surface area contributed by atoms with Crippen LogP contribution in [0.15, 0.2) is 24.3 Å². The summed E-state index contributed by atoms with van der Waals surface area (Å²) in [5, 5.41) is 13.8. The van der Waals surface area contributed by atoms with Gasteiger partial charge in [0.05, 0.1) is 12.1 Å². The van der Waals surface area contributed by atoms with E-state index in [1.807, 2.05) is 13.8 Å². The van der Waals surface area contributed by atoms with Crippen LogP contribution in [0.4, 0.5) is 10.5 Å². The van der Waals surface area contributed by atoms with Gasteiger partial charge in [0.1, 0.15) is 0 Å². The minimum absolute atomic E-state index is 0.0759. The summed E-state index contributed by atoms with van der Waals surface area (Å²) in [5.74, 6) is -1.25. The Morgan fingerprint density at radius 2 is 1.86 bits per heavy atom. The lowest BCUT2D eigenvalue weighted by Crippen LogP contribution is -2.41. The molecule has 0 aliphatic carbocycles. The number of anilines is 1. The van der Waals surface area contributed by atoms with Crippen LogP contribution < -0.4 is 10.6 Å². The first-order chi connectivity index (χ1) is 9.97. The Morgan fingerprint density at radius 1 is 1.19 bits per heavy atom. The van der Waals surface area contributed by atoms with E-state index in [1.165, 1.54) is 18.2 Å². The first-order valence-corrected chi connectivity index (χ1v) is 6.63. The lowest BCUT2D eigenvalue weighted by Gasteiger charge is -2.18. The largest absolute Gasteiger partial charge is 0.478 e. The molecule has 1 aromatic rings. The third kappa shape index (κ3) is 5.13. The van der Waals surface area contributed by atoms with Gasteiger partial charge in [-0.1, -0.05) is 6.07 Å². The number of carbonyl (C=O) groups is 3. The second kappa shape index (κ2) is 7.88. The summed E-state index contributed by atoms with van der Waals surface area (Å²) in [6.07, 6.45) is 0. The molecule has 7 heteroatoms. The molecular weight excluding hydrogens is 274 g/mol. The predicted molar refractivity (Wildman–Crippen MR) is 78.4 cm³/mol. The van der Waals surface area contributed by atoms with Gasteiger partial charge in [0.25, 0.3) is 0 Å². The van der Waals surface area contributed by atoms with Gasteiger partial charge < -0.3 is 20.6 Å². The van der Waals surface area contributed by atoms with Crippen LogP contribution in [0.3, 0.4) is 0 Å². The van der Waals surface area contributed by atoms with Gasteiger partial charge in [-0.25, -0.2) is 9.59 Å². The van der Waals surface area contributed by atoms with E-state index in [4.69, 9.17) is 5.11 Å². The molecule has 0 aliphatic heterocycles. The van der Waals surface area contributed by atoms with E-state index in [1.54, 1.807) is 11.0 Å². The molecule has 114 valence electrons. The summed E-state index contributed by atoms with van der Waals surface area (Å²) in [7, 11) is 0. The van der Waals surface area contributed by atoms with Crippen LogP contribution in [0.25, 0.3) is 0 Å². The normalized spacial score (nSPS) is 9.81. The van der Waals surface area contributed by atoms with Crippen molar-refractivity contribution in [1.82, 2.24) is 10.2 Å². The van der Waals surface area contributed by atoms with E-state index < -0.39 is 12.0 Å². The van der Waals surface area contributed by atoms with Crippen LogP contribution in [0.2, 0.25) is 0 Å². The number of amides is 3. The van der Waals surface area contributed by atoms with Crippen LogP contribution in [0, 0.1) is 0 Å². The molecule has 0 heterocycles. The number of hydrogen-bond acceptors (Lipinski definition) is 3. The molecule has 0 atom stereocenters. The molecule has 0 saturated heterocycles. The average Bonchev–Trinajstić information content (AvgIpc) is 2.46. The van der Waals surface area contributed by atoms with E-state index in [2.05, 4.69) is 10.6 Å². The van der Waals surface area contributed by atoms with E-state index in [0.717, 1.165) is 0 Å². The van der Waals surface area contributed by atoms with Crippen LogP contribution in [0.5, 0.6) is 0 Å².